The topological polar surface area (TPSA) is 12.0 Å². The molecular formula is C20H29N. The highest BCUT2D eigenvalue weighted by atomic mass is 15.0. The zero-order chi connectivity index (χ0) is 14.6. The maximum absolute atomic E-state index is 3.98. The van der Waals surface area contributed by atoms with Crippen molar-refractivity contribution in [2.45, 2.75) is 64.0 Å². The molecule has 4 rings (SSSR count). The summed E-state index contributed by atoms with van der Waals surface area (Å²) in [6.07, 6.45) is 5.82. The van der Waals surface area contributed by atoms with E-state index in [1.165, 1.54) is 24.8 Å². The van der Waals surface area contributed by atoms with Crippen molar-refractivity contribution in [3.05, 3.63) is 35.9 Å². The molecule has 1 aromatic rings. The zero-order valence-electron chi connectivity index (χ0n) is 13.7. The first-order chi connectivity index (χ1) is 10.1. The van der Waals surface area contributed by atoms with Crippen LogP contribution < -0.4 is 5.32 Å². The molecule has 0 radical (unpaired) electrons. The normalized spacial score (nSPS) is 38.3. The van der Waals surface area contributed by atoms with Gasteiger partial charge in [0, 0.05) is 12.1 Å². The third-order valence-electron chi connectivity index (χ3n) is 6.58. The fourth-order valence-electron chi connectivity index (χ4n) is 5.71. The number of benzene rings is 1. The van der Waals surface area contributed by atoms with Crippen LogP contribution in [-0.4, -0.2) is 12.1 Å². The van der Waals surface area contributed by atoms with Crippen molar-refractivity contribution >= 4 is 0 Å². The molecule has 3 aliphatic rings. The van der Waals surface area contributed by atoms with Crippen molar-refractivity contribution in [1.82, 2.24) is 5.32 Å². The molecule has 1 aromatic carbocycles. The first kappa shape index (κ1) is 13.8. The Hall–Kier alpha value is -0.820. The number of fused-ring (bicyclic) bond motifs is 5. The lowest BCUT2D eigenvalue weighted by Crippen LogP contribution is -2.36. The Balaban J connectivity index is 1.35. The summed E-state index contributed by atoms with van der Waals surface area (Å²) < 4.78 is 0. The van der Waals surface area contributed by atoms with E-state index < -0.39 is 0 Å². The Morgan fingerprint density at radius 2 is 1.71 bits per heavy atom. The molecule has 21 heavy (non-hydrogen) atoms. The summed E-state index contributed by atoms with van der Waals surface area (Å²) in [6, 6.07) is 12.5. The van der Waals surface area contributed by atoms with Crippen LogP contribution in [0.25, 0.3) is 0 Å². The van der Waals surface area contributed by atoms with Crippen molar-refractivity contribution in [2.24, 2.45) is 23.7 Å². The first-order valence-electron chi connectivity index (χ1n) is 8.88. The number of hydrogen-bond acceptors (Lipinski definition) is 1. The van der Waals surface area contributed by atoms with Crippen molar-refractivity contribution in [3.8, 4) is 0 Å². The van der Waals surface area contributed by atoms with Gasteiger partial charge in [-0.05, 0) is 67.3 Å². The molecular weight excluding hydrogens is 254 g/mol. The molecule has 0 aliphatic heterocycles. The predicted octanol–water partition coefficient (Wildman–Crippen LogP) is 4.38. The van der Waals surface area contributed by atoms with Gasteiger partial charge in [0.1, 0.15) is 0 Å². The number of nitrogens with one attached hydrogen (secondary N) is 1. The van der Waals surface area contributed by atoms with Crippen LogP contribution in [0.5, 0.6) is 0 Å². The molecule has 0 spiro atoms. The molecule has 0 heterocycles. The molecule has 3 saturated carbocycles. The van der Waals surface area contributed by atoms with E-state index in [2.05, 4.69) is 56.4 Å². The van der Waals surface area contributed by atoms with Gasteiger partial charge in [-0.3, -0.25) is 0 Å². The highest BCUT2D eigenvalue weighted by Gasteiger charge is 2.64. The molecule has 1 N–H and O–H groups in total. The molecule has 114 valence electrons. The highest BCUT2D eigenvalue weighted by molar-refractivity contribution is 5.24. The molecule has 0 aromatic heterocycles. The Morgan fingerprint density at radius 3 is 2.33 bits per heavy atom. The van der Waals surface area contributed by atoms with E-state index in [-0.39, 0.29) is 5.41 Å². The summed E-state index contributed by atoms with van der Waals surface area (Å²) in [5, 5.41) is 3.98. The number of rotatable bonds is 5. The summed E-state index contributed by atoms with van der Waals surface area (Å²) in [5.41, 5.74) is 1.73. The van der Waals surface area contributed by atoms with Crippen LogP contribution in [0, 0.1) is 23.7 Å². The van der Waals surface area contributed by atoms with Gasteiger partial charge in [0.05, 0.1) is 0 Å². The molecule has 0 saturated heterocycles. The Labute approximate surface area is 129 Å². The molecule has 5 unspecified atom stereocenters. The summed E-state index contributed by atoms with van der Waals surface area (Å²) in [5.74, 6) is 4.25. The third kappa shape index (κ3) is 2.34. The Bertz CT molecular complexity index is 490. The van der Waals surface area contributed by atoms with Crippen LogP contribution in [0.2, 0.25) is 0 Å². The Morgan fingerprint density at radius 1 is 1.10 bits per heavy atom. The minimum atomic E-state index is 0.261. The number of hydrogen-bond donors (Lipinski definition) is 1. The molecule has 1 heteroatoms. The summed E-state index contributed by atoms with van der Waals surface area (Å²) >= 11 is 0. The van der Waals surface area contributed by atoms with E-state index in [1.807, 2.05) is 0 Å². The van der Waals surface area contributed by atoms with Crippen molar-refractivity contribution < 1.29 is 0 Å². The van der Waals surface area contributed by atoms with Crippen LogP contribution in [0.3, 0.4) is 0 Å². The second-order valence-corrected chi connectivity index (χ2v) is 8.54. The predicted molar refractivity (Wildman–Crippen MR) is 88.3 cm³/mol. The lowest BCUT2D eigenvalue weighted by Gasteiger charge is -2.30. The van der Waals surface area contributed by atoms with Gasteiger partial charge in [0.25, 0.3) is 0 Å². The van der Waals surface area contributed by atoms with Gasteiger partial charge < -0.3 is 5.32 Å². The molecule has 1 nitrogen and oxygen atoms in total. The standard InChI is InChI=1S/C20H29N/c1-13(12-20(2,3)16-7-5-4-6-8-16)21-19-17-14-9-10-15(11-14)18(17)19/h4-8,13-15,17-19,21H,9-12H2,1-3H3. The quantitative estimate of drug-likeness (QED) is 0.845. The van der Waals surface area contributed by atoms with Crippen LogP contribution in [0.1, 0.15) is 52.0 Å². The Kier molecular flexibility index (Phi) is 3.19. The molecule has 3 aliphatic carbocycles. The zero-order valence-corrected chi connectivity index (χ0v) is 13.7. The lowest BCUT2D eigenvalue weighted by atomic mass is 9.79. The van der Waals surface area contributed by atoms with Crippen molar-refractivity contribution in [3.63, 3.8) is 0 Å². The van der Waals surface area contributed by atoms with E-state index >= 15 is 0 Å². The average molecular weight is 283 g/mol. The van der Waals surface area contributed by atoms with Gasteiger partial charge in [-0.2, -0.15) is 0 Å². The minimum Gasteiger partial charge on any atom is -0.311 e. The van der Waals surface area contributed by atoms with Crippen LogP contribution in [-0.2, 0) is 5.41 Å². The van der Waals surface area contributed by atoms with Crippen LogP contribution in [0.4, 0.5) is 0 Å². The minimum absolute atomic E-state index is 0.261. The second-order valence-electron chi connectivity index (χ2n) is 8.54. The van der Waals surface area contributed by atoms with E-state index in [0.717, 1.165) is 29.7 Å². The van der Waals surface area contributed by atoms with Gasteiger partial charge in [0.15, 0.2) is 0 Å². The van der Waals surface area contributed by atoms with Crippen LogP contribution in [0.15, 0.2) is 30.3 Å². The monoisotopic (exact) mass is 283 g/mol. The maximum Gasteiger partial charge on any atom is 0.0138 e. The maximum atomic E-state index is 3.98. The molecule has 5 atom stereocenters. The van der Waals surface area contributed by atoms with E-state index in [1.54, 1.807) is 6.42 Å². The SMILES string of the molecule is CC(CC(C)(C)c1ccccc1)NC1C2C3CCC(C3)C12. The molecule has 2 bridgehead atoms. The molecule has 3 fully saturated rings. The summed E-state index contributed by atoms with van der Waals surface area (Å²) in [7, 11) is 0. The summed E-state index contributed by atoms with van der Waals surface area (Å²) in [4.78, 5) is 0. The van der Waals surface area contributed by atoms with Gasteiger partial charge in [0.2, 0.25) is 0 Å². The lowest BCUT2D eigenvalue weighted by molar-refractivity contribution is 0.359. The van der Waals surface area contributed by atoms with Gasteiger partial charge in [-0.25, -0.2) is 0 Å². The second kappa shape index (κ2) is 4.84. The largest absolute Gasteiger partial charge is 0.311 e. The fraction of sp³-hybridized carbons (Fsp3) is 0.700. The van der Waals surface area contributed by atoms with Crippen molar-refractivity contribution in [2.75, 3.05) is 0 Å². The smallest absolute Gasteiger partial charge is 0.0138 e. The van der Waals surface area contributed by atoms with E-state index in [0.29, 0.717) is 6.04 Å². The fourth-order valence-corrected chi connectivity index (χ4v) is 5.71. The van der Waals surface area contributed by atoms with Gasteiger partial charge >= 0.3 is 0 Å². The van der Waals surface area contributed by atoms with E-state index in [9.17, 15) is 0 Å². The first-order valence-corrected chi connectivity index (χ1v) is 8.88. The third-order valence-corrected chi connectivity index (χ3v) is 6.58. The average Bonchev–Trinajstić information content (AvgIpc) is 2.84. The van der Waals surface area contributed by atoms with Gasteiger partial charge in [-0.15, -0.1) is 0 Å². The summed E-state index contributed by atoms with van der Waals surface area (Å²) in [6.45, 7) is 7.16. The van der Waals surface area contributed by atoms with E-state index in [4.69, 9.17) is 0 Å². The highest BCUT2D eigenvalue weighted by Crippen LogP contribution is 2.65. The van der Waals surface area contributed by atoms with Crippen LogP contribution >= 0.6 is 0 Å². The molecule has 0 amide bonds. The van der Waals surface area contributed by atoms with Crippen molar-refractivity contribution in [1.29, 1.82) is 0 Å². The van der Waals surface area contributed by atoms with Gasteiger partial charge in [-0.1, -0.05) is 44.2 Å².